The van der Waals surface area contributed by atoms with E-state index in [-0.39, 0.29) is 48.6 Å². The number of phenolic OH excluding ortho intramolecular Hbond substituents is 1. The summed E-state index contributed by atoms with van der Waals surface area (Å²) in [6.07, 6.45) is 2.91. The van der Waals surface area contributed by atoms with E-state index in [2.05, 4.69) is 20.9 Å². The SMILES string of the molecule is CC(C)/C=C(\N)C(=O)N[C@H](C(=O)N[C@@H](CCCN=C(N)N)C(=O)N[C@H](C=O)Cc1ccc(O)cc1)C(C)C. The molecule has 38 heavy (non-hydrogen) atoms. The van der Waals surface area contributed by atoms with Crippen LogP contribution < -0.4 is 33.2 Å². The highest BCUT2D eigenvalue weighted by Gasteiger charge is 2.30. The molecule has 3 amide bonds. The van der Waals surface area contributed by atoms with Crippen LogP contribution in [0.15, 0.2) is 41.0 Å². The lowest BCUT2D eigenvalue weighted by molar-refractivity contribution is -0.133. The molecule has 0 aromatic heterocycles. The molecule has 12 heteroatoms. The molecule has 0 saturated heterocycles. The summed E-state index contributed by atoms with van der Waals surface area (Å²) in [6.45, 7) is 7.47. The first kappa shape index (κ1) is 31.9. The summed E-state index contributed by atoms with van der Waals surface area (Å²) in [5.41, 5.74) is 17.3. The normalized spacial score (nSPS) is 13.8. The van der Waals surface area contributed by atoms with Crippen LogP contribution in [0.5, 0.6) is 5.75 Å². The number of hydrogen-bond acceptors (Lipinski definition) is 7. The van der Waals surface area contributed by atoms with E-state index >= 15 is 0 Å². The van der Waals surface area contributed by atoms with Crippen LogP contribution in [0.4, 0.5) is 0 Å². The Morgan fingerprint density at radius 3 is 2.13 bits per heavy atom. The molecule has 1 rings (SSSR count). The van der Waals surface area contributed by atoms with Crippen LogP contribution in [-0.2, 0) is 25.6 Å². The van der Waals surface area contributed by atoms with Crippen molar-refractivity contribution in [3.8, 4) is 5.75 Å². The van der Waals surface area contributed by atoms with E-state index in [0.29, 0.717) is 12.7 Å². The quantitative estimate of drug-likeness (QED) is 0.0527. The zero-order valence-corrected chi connectivity index (χ0v) is 22.4. The fourth-order valence-corrected chi connectivity index (χ4v) is 3.53. The zero-order valence-electron chi connectivity index (χ0n) is 22.4. The Hall–Kier alpha value is -4.09. The third-order valence-corrected chi connectivity index (χ3v) is 5.47. The van der Waals surface area contributed by atoms with E-state index < -0.39 is 35.8 Å². The van der Waals surface area contributed by atoms with Gasteiger partial charge in [-0.2, -0.15) is 0 Å². The van der Waals surface area contributed by atoms with Crippen LogP contribution in [0.1, 0.15) is 46.1 Å². The van der Waals surface area contributed by atoms with E-state index in [0.717, 1.165) is 5.56 Å². The molecule has 10 N–H and O–H groups in total. The minimum Gasteiger partial charge on any atom is -0.508 e. The molecule has 0 radical (unpaired) electrons. The zero-order chi connectivity index (χ0) is 28.8. The number of aromatic hydroxyl groups is 1. The summed E-state index contributed by atoms with van der Waals surface area (Å²) in [5.74, 6) is -2.03. The number of guanidine groups is 1. The maximum Gasteiger partial charge on any atom is 0.267 e. The number of carbonyl (C=O) groups excluding carboxylic acids is 4. The van der Waals surface area contributed by atoms with Gasteiger partial charge in [0.15, 0.2) is 5.96 Å². The van der Waals surface area contributed by atoms with Crippen molar-refractivity contribution in [1.82, 2.24) is 16.0 Å². The van der Waals surface area contributed by atoms with Crippen LogP contribution in [0.2, 0.25) is 0 Å². The maximum atomic E-state index is 13.2. The molecule has 0 spiro atoms. The summed E-state index contributed by atoms with van der Waals surface area (Å²) in [7, 11) is 0. The Morgan fingerprint density at radius 2 is 1.61 bits per heavy atom. The fraction of sp³-hybridized carbons (Fsp3) is 0.500. The standard InChI is InChI=1S/C26H41N7O5/c1-15(2)12-20(27)23(36)33-22(16(3)4)25(38)32-21(6-5-11-30-26(28)29)24(37)31-18(14-34)13-17-7-9-19(35)10-8-17/h7-10,12,14-16,18,21-22,35H,5-6,11,13,27H2,1-4H3,(H,31,37)(H,32,38)(H,33,36)(H4,28,29,30)/b20-12-/t18-,21-,22-/m0/s1. The summed E-state index contributed by atoms with van der Waals surface area (Å²) < 4.78 is 0. The van der Waals surface area contributed by atoms with Gasteiger partial charge >= 0.3 is 0 Å². The molecule has 1 aromatic carbocycles. The molecule has 0 aliphatic heterocycles. The van der Waals surface area contributed by atoms with Crippen molar-refractivity contribution in [3.05, 3.63) is 41.6 Å². The number of allylic oxidation sites excluding steroid dienone is 1. The smallest absolute Gasteiger partial charge is 0.267 e. The highest BCUT2D eigenvalue weighted by molar-refractivity contribution is 5.97. The number of hydrogen-bond donors (Lipinski definition) is 7. The van der Waals surface area contributed by atoms with Gasteiger partial charge in [-0.15, -0.1) is 0 Å². The lowest BCUT2D eigenvalue weighted by Crippen LogP contribution is -2.57. The fourth-order valence-electron chi connectivity index (χ4n) is 3.53. The molecule has 0 saturated carbocycles. The van der Waals surface area contributed by atoms with Gasteiger partial charge < -0.3 is 43.1 Å². The minimum atomic E-state index is -1.03. The number of nitrogens with two attached hydrogens (primary N) is 3. The van der Waals surface area contributed by atoms with Crippen molar-refractivity contribution < 1.29 is 24.3 Å². The molecule has 0 fully saturated rings. The number of aldehydes is 1. The Bertz CT molecular complexity index is 1000. The van der Waals surface area contributed by atoms with Gasteiger partial charge in [0, 0.05) is 6.54 Å². The first-order valence-electron chi connectivity index (χ1n) is 12.5. The average Bonchev–Trinajstić information content (AvgIpc) is 2.83. The second-order valence-electron chi connectivity index (χ2n) is 9.69. The van der Waals surface area contributed by atoms with Gasteiger partial charge in [0.1, 0.15) is 24.1 Å². The van der Waals surface area contributed by atoms with E-state index in [1.54, 1.807) is 32.1 Å². The third-order valence-electron chi connectivity index (χ3n) is 5.47. The van der Waals surface area contributed by atoms with Crippen molar-refractivity contribution >= 4 is 30.0 Å². The molecular formula is C26H41N7O5. The van der Waals surface area contributed by atoms with Gasteiger partial charge in [-0.3, -0.25) is 19.4 Å². The lowest BCUT2D eigenvalue weighted by Gasteiger charge is -2.26. The Kier molecular flexibility index (Phi) is 13.4. The lowest BCUT2D eigenvalue weighted by atomic mass is 10.0. The Balaban J connectivity index is 3.02. The highest BCUT2D eigenvalue weighted by atomic mass is 16.3. The number of amides is 3. The van der Waals surface area contributed by atoms with Crippen molar-refractivity contribution in [2.75, 3.05) is 6.54 Å². The van der Waals surface area contributed by atoms with Crippen LogP contribution in [-0.4, -0.2) is 59.7 Å². The molecule has 0 unspecified atom stereocenters. The van der Waals surface area contributed by atoms with E-state index in [4.69, 9.17) is 17.2 Å². The summed E-state index contributed by atoms with van der Waals surface area (Å²) >= 11 is 0. The molecule has 1 aromatic rings. The number of phenols is 1. The molecule has 0 aliphatic rings. The van der Waals surface area contributed by atoms with E-state index in [1.165, 1.54) is 12.1 Å². The van der Waals surface area contributed by atoms with Crippen molar-refractivity contribution in [2.45, 2.75) is 65.1 Å². The Labute approximate surface area is 223 Å². The number of benzene rings is 1. The molecule has 210 valence electrons. The topological polar surface area (TPSA) is 215 Å². The van der Waals surface area contributed by atoms with Gasteiger partial charge in [-0.05, 0) is 48.8 Å². The van der Waals surface area contributed by atoms with Gasteiger partial charge in [0.05, 0.1) is 11.7 Å². The predicted octanol–water partition coefficient (Wildman–Crippen LogP) is -0.204. The Morgan fingerprint density at radius 1 is 0.974 bits per heavy atom. The maximum absolute atomic E-state index is 13.2. The van der Waals surface area contributed by atoms with Crippen LogP contribution in [0.25, 0.3) is 0 Å². The molecule has 0 aliphatic carbocycles. The monoisotopic (exact) mass is 531 g/mol. The number of nitrogens with zero attached hydrogens (tertiary/aromatic N) is 1. The number of aliphatic imine (C=N–C) groups is 1. The van der Waals surface area contributed by atoms with Crippen molar-refractivity contribution in [3.63, 3.8) is 0 Å². The van der Waals surface area contributed by atoms with Gasteiger partial charge in [0.25, 0.3) is 5.91 Å². The largest absolute Gasteiger partial charge is 0.508 e. The second-order valence-corrected chi connectivity index (χ2v) is 9.69. The number of nitrogens with one attached hydrogen (secondary N) is 3. The first-order chi connectivity index (χ1) is 17.8. The molecule has 0 bridgehead atoms. The summed E-state index contributed by atoms with van der Waals surface area (Å²) in [5, 5.41) is 17.4. The second kappa shape index (κ2) is 15.9. The summed E-state index contributed by atoms with van der Waals surface area (Å²) in [4.78, 5) is 54.4. The minimum absolute atomic E-state index is 0.00645. The van der Waals surface area contributed by atoms with E-state index in [9.17, 15) is 24.3 Å². The van der Waals surface area contributed by atoms with E-state index in [1.807, 2.05) is 13.8 Å². The summed E-state index contributed by atoms with van der Waals surface area (Å²) in [6, 6.07) is 3.38. The van der Waals surface area contributed by atoms with Crippen LogP contribution in [0, 0.1) is 11.8 Å². The molecule has 3 atom stereocenters. The van der Waals surface area contributed by atoms with Gasteiger partial charge in [-0.25, -0.2) is 0 Å². The van der Waals surface area contributed by atoms with Crippen molar-refractivity contribution in [2.24, 2.45) is 34.0 Å². The van der Waals surface area contributed by atoms with Gasteiger partial charge in [0.2, 0.25) is 11.8 Å². The molecule has 0 heterocycles. The first-order valence-corrected chi connectivity index (χ1v) is 12.5. The molecular weight excluding hydrogens is 490 g/mol. The molecule has 12 nitrogen and oxygen atoms in total. The average molecular weight is 532 g/mol. The number of rotatable bonds is 15. The number of carbonyl (C=O) groups is 4. The van der Waals surface area contributed by atoms with Crippen molar-refractivity contribution in [1.29, 1.82) is 0 Å². The highest BCUT2D eigenvalue weighted by Crippen LogP contribution is 2.12. The third kappa shape index (κ3) is 11.8. The van der Waals surface area contributed by atoms with Crippen LogP contribution in [0.3, 0.4) is 0 Å². The predicted molar refractivity (Wildman–Crippen MR) is 146 cm³/mol. The van der Waals surface area contributed by atoms with Crippen LogP contribution >= 0.6 is 0 Å². The van der Waals surface area contributed by atoms with Gasteiger partial charge in [-0.1, -0.05) is 45.9 Å².